The van der Waals surface area contributed by atoms with Crippen LogP contribution >= 0.6 is 0 Å². The second kappa shape index (κ2) is 7.51. The topological polar surface area (TPSA) is 112 Å². The predicted molar refractivity (Wildman–Crippen MR) is 104 cm³/mol. The van der Waals surface area contributed by atoms with Gasteiger partial charge < -0.3 is 15.3 Å². The van der Waals surface area contributed by atoms with Crippen molar-refractivity contribution in [1.29, 1.82) is 0 Å². The van der Waals surface area contributed by atoms with Gasteiger partial charge >= 0.3 is 5.97 Å². The molecule has 2 heterocycles. The number of carboxylic acids is 1. The van der Waals surface area contributed by atoms with Crippen LogP contribution in [0.3, 0.4) is 0 Å². The van der Waals surface area contributed by atoms with Crippen molar-refractivity contribution < 1.29 is 18.3 Å². The van der Waals surface area contributed by atoms with Crippen molar-refractivity contribution in [2.45, 2.75) is 26.3 Å². The number of aromatic carboxylic acids is 1. The van der Waals surface area contributed by atoms with E-state index in [2.05, 4.69) is 15.3 Å². The van der Waals surface area contributed by atoms with Crippen LogP contribution in [0, 0.1) is 6.92 Å². The number of carboxylic acid groups (broad SMARTS) is 1. The fourth-order valence-corrected chi connectivity index (χ4v) is 4.90. The van der Waals surface area contributed by atoms with Crippen LogP contribution in [0.2, 0.25) is 0 Å². The standard InChI is InChI=1S/C18H22N4O4S/c1-3-22(15-8-9-27(25,26)11-15)18-19-12(2)10-16(21-18)20-14-6-4-13(5-7-14)17(23)24/h4-7,10,15H,3,8-9,11H2,1-2H3,(H,23,24)(H,19,20,21). The van der Waals surface area contributed by atoms with E-state index in [0.717, 1.165) is 5.69 Å². The van der Waals surface area contributed by atoms with E-state index in [4.69, 9.17) is 5.11 Å². The largest absolute Gasteiger partial charge is 0.478 e. The smallest absolute Gasteiger partial charge is 0.335 e. The molecule has 8 nitrogen and oxygen atoms in total. The molecule has 1 saturated heterocycles. The molecular weight excluding hydrogens is 368 g/mol. The molecule has 0 saturated carbocycles. The Morgan fingerprint density at radius 3 is 2.56 bits per heavy atom. The summed E-state index contributed by atoms with van der Waals surface area (Å²) in [5.41, 5.74) is 1.67. The van der Waals surface area contributed by atoms with Gasteiger partial charge in [0, 0.05) is 30.0 Å². The Bertz CT molecular complexity index is 944. The summed E-state index contributed by atoms with van der Waals surface area (Å²) in [5.74, 6) is 0.398. The van der Waals surface area contributed by atoms with Gasteiger partial charge in [0.2, 0.25) is 5.95 Å². The molecule has 144 valence electrons. The van der Waals surface area contributed by atoms with Crippen LogP contribution in [0.15, 0.2) is 30.3 Å². The van der Waals surface area contributed by atoms with Crippen molar-refractivity contribution in [3.63, 3.8) is 0 Å². The van der Waals surface area contributed by atoms with E-state index < -0.39 is 15.8 Å². The quantitative estimate of drug-likeness (QED) is 0.772. The zero-order valence-electron chi connectivity index (χ0n) is 15.2. The molecule has 1 aromatic carbocycles. The van der Waals surface area contributed by atoms with E-state index in [1.54, 1.807) is 18.2 Å². The monoisotopic (exact) mass is 390 g/mol. The van der Waals surface area contributed by atoms with E-state index in [-0.39, 0.29) is 23.1 Å². The molecule has 1 aliphatic heterocycles. The molecule has 1 unspecified atom stereocenters. The average molecular weight is 390 g/mol. The van der Waals surface area contributed by atoms with Gasteiger partial charge in [0.05, 0.1) is 17.1 Å². The van der Waals surface area contributed by atoms with Crippen molar-refractivity contribution in [3.05, 3.63) is 41.6 Å². The van der Waals surface area contributed by atoms with Crippen molar-refractivity contribution >= 4 is 33.3 Å². The Hall–Kier alpha value is -2.68. The van der Waals surface area contributed by atoms with Gasteiger partial charge in [-0.25, -0.2) is 18.2 Å². The summed E-state index contributed by atoms with van der Waals surface area (Å²) in [6.07, 6.45) is 0.576. The number of anilines is 3. The first-order chi connectivity index (χ1) is 12.8. The highest BCUT2D eigenvalue weighted by atomic mass is 32.2. The van der Waals surface area contributed by atoms with Crippen molar-refractivity contribution in [3.8, 4) is 0 Å². The third-order valence-corrected chi connectivity index (χ3v) is 6.24. The number of sulfone groups is 1. The summed E-state index contributed by atoms with van der Waals surface area (Å²) in [6.45, 7) is 4.41. The van der Waals surface area contributed by atoms with Gasteiger partial charge in [-0.05, 0) is 44.5 Å². The maximum absolute atomic E-state index is 11.8. The number of hydrogen-bond donors (Lipinski definition) is 2. The molecule has 0 bridgehead atoms. The number of carbonyl (C=O) groups is 1. The fraction of sp³-hybridized carbons (Fsp3) is 0.389. The molecule has 3 rings (SSSR count). The van der Waals surface area contributed by atoms with Crippen molar-refractivity contribution in [2.75, 3.05) is 28.3 Å². The molecule has 9 heteroatoms. The molecule has 1 aliphatic rings. The summed E-state index contributed by atoms with van der Waals surface area (Å²) in [6, 6.07) is 8.03. The van der Waals surface area contributed by atoms with Crippen molar-refractivity contribution in [1.82, 2.24) is 9.97 Å². The lowest BCUT2D eigenvalue weighted by molar-refractivity contribution is 0.0697. The molecule has 0 aliphatic carbocycles. The second-order valence-electron chi connectivity index (χ2n) is 6.54. The van der Waals surface area contributed by atoms with Crippen LogP contribution < -0.4 is 10.2 Å². The Kier molecular flexibility index (Phi) is 5.31. The Balaban J connectivity index is 1.84. The lowest BCUT2D eigenvalue weighted by Crippen LogP contribution is -2.37. The van der Waals surface area contributed by atoms with Gasteiger partial charge in [0.15, 0.2) is 9.84 Å². The van der Waals surface area contributed by atoms with Crippen LogP contribution in [0.25, 0.3) is 0 Å². The Labute approximate surface area is 158 Å². The molecule has 0 spiro atoms. The normalized spacial score (nSPS) is 18.2. The van der Waals surface area contributed by atoms with Crippen LogP contribution in [0.1, 0.15) is 29.4 Å². The van der Waals surface area contributed by atoms with Gasteiger partial charge in [-0.1, -0.05) is 0 Å². The van der Waals surface area contributed by atoms with E-state index in [9.17, 15) is 13.2 Å². The zero-order chi connectivity index (χ0) is 19.6. The van der Waals surface area contributed by atoms with Crippen molar-refractivity contribution in [2.24, 2.45) is 0 Å². The average Bonchev–Trinajstić information content (AvgIpc) is 2.95. The van der Waals surface area contributed by atoms with Crippen LogP contribution in [-0.4, -0.2) is 53.6 Å². The molecule has 1 atom stereocenters. The number of rotatable bonds is 6. The number of nitrogens with one attached hydrogen (secondary N) is 1. The molecule has 0 radical (unpaired) electrons. The SMILES string of the molecule is CCN(c1nc(C)cc(Nc2ccc(C(=O)O)cc2)n1)C1CCS(=O)(=O)C1. The molecule has 1 fully saturated rings. The first-order valence-corrected chi connectivity index (χ1v) is 10.5. The molecular formula is C18H22N4O4S. The summed E-state index contributed by atoms with van der Waals surface area (Å²) < 4.78 is 23.6. The lowest BCUT2D eigenvalue weighted by Gasteiger charge is -2.27. The first kappa shape index (κ1) is 19.1. The molecule has 0 amide bonds. The van der Waals surface area contributed by atoms with Crippen LogP contribution in [0.4, 0.5) is 17.5 Å². The lowest BCUT2D eigenvalue weighted by atomic mass is 10.2. The maximum atomic E-state index is 11.8. The summed E-state index contributed by atoms with van der Waals surface area (Å²) in [4.78, 5) is 21.9. The fourth-order valence-electron chi connectivity index (χ4n) is 3.17. The zero-order valence-corrected chi connectivity index (χ0v) is 16.0. The van der Waals surface area contributed by atoms with E-state index in [1.165, 1.54) is 12.1 Å². The maximum Gasteiger partial charge on any atom is 0.335 e. The first-order valence-electron chi connectivity index (χ1n) is 8.70. The number of aryl methyl sites for hydroxylation is 1. The molecule has 1 aromatic heterocycles. The van der Waals surface area contributed by atoms with Crippen LogP contribution in [0.5, 0.6) is 0 Å². The van der Waals surface area contributed by atoms with Gasteiger partial charge in [0.25, 0.3) is 0 Å². The molecule has 2 N–H and O–H groups in total. The number of hydrogen-bond acceptors (Lipinski definition) is 7. The summed E-state index contributed by atoms with van der Waals surface area (Å²) in [5, 5.41) is 12.1. The van der Waals surface area contributed by atoms with Gasteiger partial charge in [-0.3, -0.25) is 0 Å². The van der Waals surface area contributed by atoms with Gasteiger partial charge in [-0.2, -0.15) is 4.98 Å². The number of nitrogens with zero attached hydrogens (tertiary/aromatic N) is 3. The number of aromatic nitrogens is 2. The van der Waals surface area contributed by atoms with E-state index >= 15 is 0 Å². The number of benzene rings is 1. The minimum Gasteiger partial charge on any atom is -0.478 e. The third kappa shape index (κ3) is 4.54. The third-order valence-electron chi connectivity index (χ3n) is 4.49. The molecule has 27 heavy (non-hydrogen) atoms. The predicted octanol–water partition coefficient (Wildman–Crippen LogP) is 2.24. The van der Waals surface area contributed by atoms with E-state index in [0.29, 0.717) is 30.4 Å². The highest BCUT2D eigenvalue weighted by Gasteiger charge is 2.33. The highest BCUT2D eigenvalue weighted by molar-refractivity contribution is 7.91. The minimum absolute atomic E-state index is 0.121. The summed E-state index contributed by atoms with van der Waals surface area (Å²) in [7, 11) is -3.00. The second-order valence-corrected chi connectivity index (χ2v) is 8.77. The Morgan fingerprint density at radius 2 is 2.00 bits per heavy atom. The van der Waals surface area contributed by atoms with E-state index in [1.807, 2.05) is 18.7 Å². The Morgan fingerprint density at radius 1 is 1.30 bits per heavy atom. The minimum atomic E-state index is -3.00. The molecule has 2 aromatic rings. The van der Waals surface area contributed by atoms with Gasteiger partial charge in [-0.15, -0.1) is 0 Å². The van der Waals surface area contributed by atoms with Gasteiger partial charge in [0.1, 0.15) is 5.82 Å². The summed E-state index contributed by atoms with van der Waals surface area (Å²) >= 11 is 0. The highest BCUT2D eigenvalue weighted by Crippen LogP contribution is 2.24. The van der Waals surface area contributed by atoms with Crippen LogP contribution in [-0.2, 0) is 9.84 Å².